The summed E-state index contributed by atoms with van der Waals surface area (Å²) in [7, 11) is 1.62. The molecular weight excluding hydrogens is 422 g/mol. The van der Waals surface area contributed by atoms with Crippen molar-refractivity contribution in [2.75, 3.05) is 11.9 Å². The fourth-order valence-corrected chi connectivity index (χ4v) is 3.88. The lowest BCUT2D eigenvalue weighted by molar-refractivity contribution is -0.194. The number of carbonyl (C=O) groups is 1. The summed E-state index contributed by atoms with van der Waals surface area (Å²) >= 11 is 0. The highest BCUT2D eigenvalue weighted by atomic mass is 17.2. The predicted molar refractivity (Wildman–Crippen MR) is 122 cm³/mol. The van der Waals surface area contributed by atoms with Crippen LogP contribution in [0.15, 0.2) is 66.9 Å². The molecule has 8 nitrogen and oxygen atoms in total. The van der Waals surface area contributed by atoms with Gasteiger partial charge in [0.05, 0.1) is 23.1 Å². The predicted octanol–water partition coefficient (Wildman–Crippen LogP) is 4.36. The molecule has 5 rings (SSSR count). The van der Waals surface area contributed by atoms with Crippen LogP contribution >= 0.6 is 0 Å². The van der Waals surface area contributed by atoms with Crippen LogP contribution < -0.4 is 9.79 Å². The summed E-state index contributed by atoms with van der Waals surface area (Å²) < 4.78 is 1.69. The number of aromatic hydroxyl groups is 2. The van der Waals surface area contributed by atoms with E-state index in [2.05, 4.69) is 5.10 Å². The highest BCUT2D eigenvalue weighted by Gasteiger charge is 2.23. The molecule has 0 bridgehead atoms. The normalized spacial score (nSPS) is 12.3. The first-order chi connectivity index (χ1) is 15.9. The van der Waals surface area contributed by atoms with Crippen molar-refractivity contribution in [1.29, 1.82) is 0 Å². The lowest BCUT2D eigenvalue weighted by atomic mass is 10.0. The van der Waals surface area contributed by atoms with Gasteiger partial charge in [-0.05, 0) is 48.9 Å². The highest BCUT2D eigenvalue weighted by Crippen LogP contribution is 2.37. The average molecular weight is 443 g/mol. The van der Waals surface area contributed by atoms with E-state index >= 15 is 0 Å². The Balaban J connectivity index is 1.55. The summed E-state index contributed by atoms with van der Waals surface area (Å²) in [6.45, 7) is 2.26. The van der Waals surface area contributed by atoms with Gasteiger partial charge in [-0.2, -0.15) is 9.99 Å². The van der Waals surface area contributed by atoms with Gasteiger partial charge in [0.15, 0.2) is 5.75 Å². The van der Waals surface area contributed by atoms with Gasteiger partial charge in [0.25, 0.3) is 5.91 Å². The number of aryl methyl sites for hydroxylation is 1. The molecule has 0 saturated carbocycles. The Morgan fingerprint density at radius 3 is 2.70 bits per heavy atom. The van der Waals surface area contributed by atoms with Crippen LogP contribution in [0, 0.1) is 6.92 Å². The van der Waals surface area contributed by atoms with E-state index in [1.807, 2.05) is 31.2 Å². The van der Waals surface area contributed by atoms with Gasteiger partial charge in [0.2, 0.25) is 0 Å². The molecular formula is C25H21N3O5. The van der Waals surface area contributed by atoms with Crippen molar-refractivity contribution in [1.82, 2.24) is 9.78 Å². The smallest absolute Gasteiger partial charge is 0.261 e. The van der Waals surface area contributed by atoms with Crippen molar-refractivity contribution in [3.8, 4) is 34.2 Å². The van der Waals surface area contributed by atoms with Crippen LogP contribution in [0.4, 0.5) is 5.69 Å². The van der Waals surface area contributed by atoms with Gasteiger partial charge in [-0.25, -0.2) is 4.68 Å². The molecule has 4 aromatic rings. The minimum atomic E-state index is -0.435. The van der Waals surface area contributed by atoms with E-state index < -0.39 is 5.91 Å². The topological polar surface area (TPSA) is 97.1 Å². The molecule has 0 aliphatic carbocycles. The third-order valence-corrected chi connectivity index (χ3v) is 5.71. The first-order valence-electron chi connectivity index (χ1n) is 10.3. The van der Waals surface area contributed by atoms with Crippen LogP contribution in [0.2, 0.25) is 0 Å². The van der Waals surface area contributed by atoms with Crippen LogP contribution in [0.3, 0.4) is 0 Å². The summed E-state index contributed by atoms with van der Waals surface area (Å²) in [6.07, 6.45) is 1.62. The van der Waals surface area contributed by atoms with E-state index in [-0.39, 0.29) is 17.1 Å². The summed E-state index contributed by atoms with van der Waals surface area (Å²) in [5, 5.41) is 25.5. The number of hydrogen-bond donors (Lipinski definition) is 2. The Labute approximate surface area is 189 Å². The molecule has 0 radical (unpaired) electrons. The molecule has 166 valence electrons. The maximum Gasteiger partial charge on any atom is 0.261 e. The fourth-order valence-electron chi connectivity index (χ4n) is 3.88. The van der Waals surface area contributed by atoms with Gasteiger partial charge in [0.1, 0.15) is 18.1 Å². The quantitative estimate of drug-likeness (QED) is 0.455. The molecule has 2 N–H and O–H groups in total. The Kier molecular flexibility index (Phi) is 4.99. The number of carbonyl (C=O) groups excluding carboxylic acids is 1. The number of anilines is 1. The van der Waals surface area contributed by atoms with E-state index in [1.165, 1.54) is 17.0 Å². The minimum absolute atomic E-state index is 0.0517. The molecule has 3 aromatic carbocycles. The Hall–Kier alpha value is -4.30. The Morgan fingerprint density at radius 1 is 1.06 bits per heavy atom. The highest BCUT2D eigenvalue weighted by molar-refractivity contribution is 6.08. The van der Waals surface area contributed by atoms with Crippen LogP contribution in [0.1, 0.15) is 21.5 Å². The number of rotatable bonds is 4. The first-order valence-corrected chi connectivity index (χ1v) is 10.3. The molecule has 1 aromatic heterocycles. The van der Waals surface area contributed by atoms with Gasteiger partial charge in [-0.1, -0.05) is 18.2 Å². The summed E-state index contributed by atoms with van der Waals surface area (Å²) in [4.78, 5) is 24.7. The van der Waals surface area contributed by atoms with E-state index in [4.69, 9.17) is 9.78 Å². The number of aromatic nitrogens is 2. The van der Waals surface area contributed by atoms with Gasteiger partial charge >= 0.3 is 0 Å². The van der Waals surface area contributed by atoms with Crippen molar-refractivity contribution in [2.24, 2.45) is 0 Å². The van der Waals surface area contributed by atoms with Crippen LogP contribution in [-0.2, 0) is 11.5 Å². The maximum absolute atomic E-state index is 13.3. The van der Waals surface area contributed by atoms with E-state index in [9.17, 15) is 15.0 Å². The molecule has 2 heterocycles. The number of amides is 1. The van der Waals surface area contributed by atoms with Crippen molar-refractivity contribution < 1.29 is 24.8 Å². The van der Waals surface area contributed by atoms with Gasteiger partial charge in [0, 0.05) is 29.9 Å². The summed E-state index contributed by atoms with van der Waals surface area (Å²) in [6, 6.07) is 17.4. The summed E-state index contributed by atoms with van der Waals surface area (Å²) in [5.74, 6) is -0.300. The monoisotopic (exact) mass is 443 g/mol. The van der Waals surface area contributed by atoms with Crippen LogP contribution in [0.5, 0.6) is 17.2 Å². The second-order valence-corrected chi connectivity index (χ2v) is 7.80. The number of fused-ring (bicyclic) bond motifs is 1. The molecule has 33 heavy (non-hydrogen) atoms. The van der Waals surface area contributed by atoms with Crippen LogP contribution in [-0.4, -0.2) is 32.9 Å². The number of phenols is 2. The van der Waals surface area contributed by atoms with Crippen molar-refractivity contribution in [3.05, 3.63) is 83.6 Å². The van der Waals surface area contributed by atoms with E-state index in [0.29, 0.717) is 29.3 Å². The average Bonchev–Trinajstić information content (AvgIpc) is 3.47. The third-order valence-electron chi connectivity index (χ3n) is 5.71. The number of phenolic OH excluding ortho intramolecular Hbond substituents is 2. The fraction of sp³-hybridized carbons (Fsp3) is 0.120. The van der Waals surface area contributed by atoms with Crippen molar-refractivity contribution in [2.45, 2.75) is 13.5 Å². The molecule has 0 fully saturated rings. The van der Waals surface area contributed by atoms with Gasteiger partial charge in [-0.3, -0.25) is 4.79 Å². The summed E-state index contributed by atoms with van der Waals surface area (Å²) in [5.41, 5.74) is 4.30. The lowest BCUT2D eigenvalue weighted by Gasteiger charge is -2.19. The molecule has 0 saturated heterocycles. The van der Waals surface area contributed by atoms with E-state index in [0.717, 1.165) is 16.8 Å². The molecule has 1 amide bonds. The second kappa shape index (κ2) is 7.99. The molecule has 1 aliphatic rings. The molecule has 0 spiro atoms. The molecule has 8 heteroatoms. The van der Waals surface area contributed by atoms with Crippen molar-refractivity contribution in [3.63, 3.8) is 0 Å². The second-order valence-electron chi connectivity index (χ2n) is 7.80. The van der Waals surface area contributed by atoms with Crippen molar-refractivity contribution >= 4 is 11.6 Å². The van der Waals surface area contributed by atoms with Gasteiger partial charge < -0.3 is 20.0 Å². The Bertz CT molecular complexity index is 1380. The Morgan fingerprint density at radius 2 is 1.88 bits per heavy atom. The zero-order valence-electron chi connectivity index (χ0n) is 18.0. The molecule has 0 unspecified atom stereocenters. The minimum Gasteiger partial charge on any atom is -0.507 e. The third kappa shape index (κ3) is 3.56. The lowest BCUT2D eigenvalue weighted by Crippen LogP contribution is -2.26. The standard InChI is InChI=1S/C25H21N3O5/c1-15-5-3-4-6-20(15)28-21(9-10-26-28)18-12-19(23(30)13-22(18)29)25(31)27(2)17-7-8-24-16(11-17)14-32-33-24/h3-13,29-30H,14H2,1-2H3. The first kappa shape index (κ1) is 20.6. The zero-order valence-corrected chi connectivity index (χ0v) is 18.0. The van der Waals surface area contributed by atoms with Crippen LogP contribution in [0.25, 0.3) is 16.9 Å². The zero-order chi connectivity index (χ0) is 23.1. The van der Waals surface area contributed by atoms with E-state index in [1.54, 1.807) is 42.2 Å². The molecule has 1 aliphatic heterocycles. The number of para-hydroxylation sites is 1. The maximum atomic E-state index is 13.3. The van der Waals surface area contributed by atoms with Gasteiger partial charge in [-0.15, -0.1) is 0 Å². The number of benzene rings is 3. The number of nitrogens with zero attached hydrogens (tertiary/aromatic N) is 3. The largest absolute Gasteiger partial charge is 0.507 e. The number of hydrogen-bond acceptors (Lipinski definition) is 6. The molecule has 0 atom stereocenters. The SMILES string of the molecule is Cc1ccccc1-n1nccc1-c1cc(C(=O)N(C)c2ccc3c(c2)COO3)c(O)cc1O.